The molecule has 3 aliphatic rings. The smallest absolute Gasteiger partial charge is 0.320 e. The van der Waals surface area contributed by atoms with Gasteiger partial charge in [0.05, 0.1) is 0 Å². The normalized spacial score (nSPS) is 25.6. The molecule has 0 N–H and O–H groups in total. The van der Waals surface area contributed by atoms with Gasteiger partial charge < -0.3 is 14.7 Å². The maximum Gasteiger partial charge on any atom is 0.320 e. The summed E-state index contributed by atoms with van der Waals surface area (Å²) in [5, 5.41) is 0. The quantitative estimate of drug-likeness (QED) is 0.609. The van der Waals surface area contributed by atoms with Crippen molar-refractivity contribution in [2.45, 2.75) is 25.7 Å². The maximum atomic E-state index is 12.4. The van der Waals surface area contributed by atoms with E-state index in [1.807, 2.05) is 4.90 Å². The van der Waals surface area contributed by atoms with Gasteiger partial charge in [0.25, 0.3) is 0 Å². The van der Waals surface area contributed by atoms with Crippen molar-refractivity contribution in [3.8, 4) is 0 Å². The highest BCUT2D eigenvalue weighted by Gasteiger charge is 2.28. The summed E-state index contributed by atoms with van der Waals surface area (Å²) in [6.45, 7) is 5.66. The summed E-state index contributed by atoms with van der Waals surface area (Å²) >= 11 is 0. The predicted octanol–water partition coefficient (Wildman–Crippen LogP) is 1.54. The fourth-order valence-corrected chi connectivity index (χ4v) is 2.94. The van der Waals surface area contributed by atoms with Crippen LogP contribution >= 0.6 is 0 Å². The molecule has 4 heteroatoms. The molecule has 18 heavy (non-hydrogen) atoms. The molecule has 0 atom stereocenters. The summed E-state index contributed by atoms with van der Waals surface area (Å²) in [5.41, 5.74) is 3.33. The number of nitrogens with zero attached hydrogens (tertiary/aromatic N) is 3. The number of carbonyl (C=O) groups excluding carboxylic acids is 1. The van der Waals surface area contributed by atoms with E-state index in [-0.39, 0.29) is 6.03 Å². The molecule has 3 rings (SSSR count). The summed E-state index contributed by atoms with van der Waals surface area (Å²) < 4.78 is 0. The van der Waals surface area contributed by atoms with Gasteiger partial charge in [-0.25, -0.2) is 4.79 Å². The van der Waals surface area contributed by atoms with Gasteiger partial charge in [-0.15, -0.1) is 0 Å². The Labute approximate surface area is 109 Å². The summed E-state index contributed by atoms with van der Waals surface area (Å²) in [5.74, 6) is 0. The molecule has 0 aromatic rings. The second-order valence-electron chi connectivity index (χ2n) is 5.77. The van der Waals surface area contributed by atoms with Crippen molar-refractivity contribution in [2.75, 3.05) is 46.3 Å². The van der Waals surface area contributed by atoms with Crippen molar-refractivity contribution in [3.63, 3.8) is 0 Å². The summed E-state index contributed by atoms with van der Waals surface area (Å²) in [6.07, 6.45) is 4.88. The molecule has 0 unspecified atom stereocenters. The molecule has 100 valence electrons. The van der Waals surface area contributed by atoms with E-state index in [4.69, 9.17) is 0 Å². The summed E-state index contributed by atoms with van der Waals surface area (Å²) in [6, 6.07) is 0.267. The van der Waals surface area contributed by atoms with Crippen molar-refractivity contribution in [1.29, 1.82) is 0 Å². The van der Waals surface area contributed by atoms with Crippen molar-refractivity contribution in [2.24, 2.45) is 0 Å². The second kappa shape index (κ2) is 4.92. The van der Waals surface area contributed by atoms with Crippen LogP contribution in [-0.4, -0.2) is 67.0 Å². The fraction of sp³-hybridized carbons (Fsp3) is 0.786. The van der Waals surface area contributed by atoms with Crippen LogP contribution in [0.4, 0.5) is 4.79 Å². The first kappa shape index (κ1) is 12.0. The van der Waals surface area contributed by atoms with Gasteiger partial charge in [0.2, 0.25) is 0 Å². The Morgan fingerprint density at radius 2 is 1.28 bits per heavy atom. The monoisotopic (exact) mass is 249 g/mol. The van der Waals surface area contributed by atoms with E-state index in [9.17, 15) is 4.79 Å². The molecule has 2 aliphatic heterocycles. The molecule has 4 nitrogen and oxygen atoms in total. The first-order valence-electron chi connectivity index (χ1n) is 7.16. The van der Waals surface area contributed by atoms with Crippen LogP contribution in [0.3, 0.4) is 0 Å². The van der Waals surface area contributed by atoms with Gasteiger partial charge in [-0.1, -0.05) is 11.1 Å². The molecule has 0 aromatic heterocycles. The van der Waals surface area contributed by atoms with E-state index < -0.39 is 0 Å². The summed E-state index contributed by atoms with van der Waals surface area (Å²) in [4.78, 5) is 18.7. The predicted molar refractivity (Wildman–Crippen MR) is 71.5 cm³/mol. The highest BCUT2D eigenvalue weighted by Crippen LogP contribution is 2.36. The van der Waals surface area contributed by atoms with E-state index in [2.05, 4.69) is 16.8 Å². The minimum absolute atomic E-state index is 0.267. The Morgan fingerprint density at radius 1 is 0.778 bits per heavy atom. The topological polar surface area (TPSA) is 26.8 Å². The zero-order chi connectivity index (χ0) is 12.5. The van der Waals surface area contributed by atoms with Crippen LogP contribution in [-0.2, 0) is 0 Å². The number of hydrogen-bond donors (Lipinski definition) is 0. The minimum atomic E-state index is 0.267. The number of carbonyl (C=O) groups is 1. The van der Waals surface area contributed by atoms with Gasteiger partial charge in [-0.2, -0.15) is 0 Å². The third-order valence-corrected chi connectivity index (χ3v) is 4.41. The Bertz CT molecular complexity index is 353. The van der Waals surface area contributed by atoms with Gasteiger partial charge >= 0.3 is 6.03 Å². The third-order valence-electron chi connectivity index (χ3n) is 4.41. The molecule has 1 saturated carbocycles. The molecule has 0 bridgehead atoms. The van der Waals surface area contributed by atoms with Gasteiger partial charge in [0.1, 0.15) is 0 Å². The molecule has 0 radical (unpaired) electrons. The zero-order valence-electron chi connectivity index (χ0n) is 11.3. The number of urea groups is 1. The van der Waals surface area contributed by atoms with E-state index in [0.29, 0.717) is 0 Å². The average Bonchev–Trinajstić information content (AvgIpc) is 3.23. The molecule has 2 amide bonds. The standard InChI is InChI=1S/C14H23N3O/c1-15-8-10-17(11-9-15)14(18)16-6-4-13(5-7-16)12-2-3-12/h2-11H2,1H3. The number of likely N-dealkylation sites (N-methyl/N-ethyl adjacent to an activating group) is 1. The van der Waals surface area contributed by atoms with Crippen LogP contribution in [0.5, 0.6) is 0 Å². The fourth-order valence-electron chi connectivity index (χ4n) is 2.94. The number of piperidine rings is 1. The molecule has 2 saturated heterocycles. The van der Waals surface area contributed by atoms with Crippen LogP contribution < -0.4 is 0 Å². The Kier molecular flexibility index (Phi) is 3.29. The van der Waals surface area contributed by atoms with Crippen LogP contribution in [0.25, 0.3) is 0 Å². The molecular formula is C14H23N3O. The van der Waals surface area contributed by atoms with Gasteiger partial charge in [-0.05, 0) is 32.7 Å². The van der Waals surface area contributed by atoms with E-state index in [1.54, 1.807) is 11.1 Å². The lowest BCUT2D eigenvalue weighted by molar-refractivity contribution is 0.120. The van der Waals surface area contributed by atoms with Gasteiger partial charge in [0, 0.05) is 39.3 Å². The lowest BCUT2D eigenvalue weighted by atomic mass is 10.0. The Balaban J connectivity index is 1.52. The lowest BCUT2D eigenvalue weighted by Crippen LogP contribution is -2.52. The number of likely N-dealkylation sites (tertiary alicyclic amines) is 1. The summed E-state index contributed by atoms with van der Waals surface area (Å²) in [7, 11) is 2.12. The largest absolute Gasteiger partial charge is 0.324 e. The lowest BCUT2D eigenvalue weighted by Gasteiger charge is -2.37. The van der Waals surface area contributed by atoms with E-state index in [1.165, 1.54) is 12.8 Å². The number of rotatable bonds is 0. The van der Waals surface area contributed by atoms with Crippen molar-refractivity contribution in [1.82, 2.24) is 14.7 Å². The highest BCUT2D eigenvalue weighted by molar-refractivity contribution is 5.74. The number of piperazine rings is 1. The maximum absolute atomic E-state index is 12.4. The third kappa shape index (κ3) is 2.53. The molecule has 3 fully saturated rings. The van der Waals surface area contributed by atoms with Crippen molar-refractivity contribution >= 4 is 6.03 Å². The number of amides is 2. The van der Waals surface area contributed by atoms with Gasteiger partial charge in [0.15, 0.2) is 0 Å². The molecule has 2 heterocycles. The van der Waals surface area contributed by atoms with Gasteiger partial charge in [-0.3, -0.25) is 0 Å². The number of hydrogen-bond acceptors (Lipinski definition) is 2. The molecular weight excluding hydrogens is 226 g/mol. The SMILES string of the molecule is CN1CCN(C(=O)N2CCC(=C3CC3)CC2)CC1. The Morgan fingerprint density at radius 3 is 1.83 bits per heavy atom. The van der Waals surface area contributed by atoms with Crippen LogP contribution in [0, 0.1) is 0 Å². The first-order valence-corrected chi connectivity index (χ1v) is 7.16. The Hall–Kier alpha value is -1.03. The van der Waals surface area contributed by atoms with E-state index >= 15 is 0 Å². The molecule has 0 spiro atoms. The number of allylic oxidation sites excluding steroid dienone is 1. The van der Waals surface area contributed by atoms with Crippen LogP contribution in [0.15, 0.2) is 11.1 Å². The highest BCUT2D eigenvalue weighted by atomic mass is 16.2. The van der Waals surface area contributed by atoms with Crippen LogP contribution in [0.2, 0.25) is 0 Å². The average molecular weight is 249 g/mol. The van der Waals surface area contributed by atoms with Crippen molar-refractivity contribution in [3.05, 3.63) is 11.1 Å². The van der Waals surface area contributed by atoms with Crippen molar-refractivity contribution < 1.29 is 4.79 Å². The first-order chi connectivity index (χ1) is 8.74. The molecule has 1 aliphatic carbocycles. The minimum Gasteiger partial charge on any atom is -0.324 e. The molecule has 0 aromatic carbocycles. The van der Waals surface area contributed by atoms with E-state index in [0.717, 1.165) is 52.1 Å². The van der Waals surface area contributed by atoms with Crippen LogP contribution in [0.1, 0.15) is 25.7 Å². The second-order valence-corrected chi connectivity index (χ2v) is 5.77. The zero-order valence-corrected chi connectivity index (χ0v) is 11.3.